The van der Waals surface area contributed by atoms with Gasteiger partial charge in [0.2, 0.25) is 0 Å². The first-order chi connectivity index (χ1) is 8.25. The van der Waals surface area contributed by atoms with Crippen molar-refractivity contribution in [1.82, 2.24) is 4.98 Å². The van der Waals surface area contributed by atoms with E-state index in [4.69, 9.17) is 0 Å². The van der Waals surface area contributed by atoms with Crippen LogP contribution in [0, 0.1) is 0 Å². The molecule has 17 heavy (non-hydrogen) atoms. The molecule has 1 aromatic heterocycles. The topological polar surface area (TPSA) is 47.0 Å². The molecule has 0 saturated heterocycles. The molecule has 0 fully saturated rings. The fraction of sp³-hybridized carbons (Fsp3) is 0. The average molecular weight is 243 g/mol. The number of nitrogens with zero attached hydrogens (tertiary/aromatic N) is 1. The fourth-order valence-electron chi connectivity index (χ4n) is 1.94. The smallest absolute Gasteiger partial charge is 0.168 e. The molecule has 3 nitrogen and oxygen atoms in total. The van der Waals surface area contributed by atoms with E-state index < -0.39 is 10.7 Å². The maximum absolute atomic E-state index is 11.2. The van der Waals surface area contributed by atoms with Gasteiger partial charge in [0, 0.05) is 10.8 Å². The van der Waals surface area contributed by atoms with Gasteiger partial charge in [-0.15, -0.1) is 0 Å². The second kappa shape index (κ2) is 3.82. The van der Waals surface area contributed by atoms with Crippen molar-refractivity contribution in [3.05, 3.63) is 48.5 Å². The Morgan fingerprint density at radius 1 is 0.882 bits per heavy atom. The molecule has 0 amide bonds. The van der Waals surface area contributed by atoms with Crippen LogP contribution in [0.3, 0.4) is 0 Å². The fourth-order valence-corrected chi connectivity index (χ4v) is 2.53. The van der Waals surface area contributed by atoms with E-state index in [1.54, 1.807) is 12.1 Å². The quantitative estimate of drug-likeness (QED) is 0.527. The minimum atomic E-state index is -2.59. The zero-order valence-corrected chi connectivity index (χ0v) is 9.72. The molecule has 0 aliphatic carbocycles. The van der Waals surface area contributed by atoms with Gasteiger partial charge >= 0.3 is 0 Å². The molecule has 3 aromatic rings. The van der Waals surface area contributed by atoms with Crippen molar-refractivity contribution in [2.24, 2.45) is 0 Å². The molecule has 0 aliphatic heterocycles. The van der Waals surface area contributed by atoms with Crippen LogP contribution >= 0.6 is 0 Å². The van der Waals surface area contributed by atoms with Gasteiger partial charge in [-0.3, -0.25) is 0 Å². The molecule has 84 valence electrons. The molecule has 0 bridgehead atoms. The number of hydrogen-bond donors (Lipinski definition) is 1. The minimum absolute atomic E-state index is 0.329. The highest BCUT2D eigenvalue weighted by molar-refractivity contribution is 7.72. The number of aromatic nitrogens is 1. The lowest BCUT2D eigenvalue weighted by molar-refractivity contribution is 0.615. The predicted molar refractivity (Wildman–Crippen MR) is 67.8 cm³/mol. The average Bonchev–Trinajstić information content (AvgIpc) is 2.35. The Morgan fingerprint density at radius 2 is 1.65 bits per heavy atom. The summed E-state index contributed by atoms with van der Waals surface area (Å²) in [5.41, 5.74) is 1.58. The summed E-state index contributed by atoms with van der Waals surface area (Å²) in [4.78, 5) is 4.78. The molecule has 0 saturated carbocycles. The van der Waals surface area contributed by atoms with Crippen LogP contribution in [0.4, 0.5) is 0 Å². The van der Waals surface area contributed by atoms with E-state index in [0.29, 0.717) is 15.8 Å². The molecular weight excluding hydrogens is 234 g/mol. The molecule has 0 aliphatic rings. The van der Waals surface area contributed by atoms with Gasteiger partial charge in [-0.1, -0.05) is 24.3 Å². The van der Waals surface area contributed by atoms with E-state index >= 15 is 0 Å². The summed E-state index contributed by atoms with van der Waals surface area (Å²) in [7, 11) is -2.59. The van der Waals surface area contributed by atoms with Gasteiger partial charge in [0.25, 0.3) is 0 Å². The van der Waals surface area contributed by atoms with E-state index in [9.17, 15) is 8.42 Å². The first-order valence-corrected chi connectivity index (χ1v) is 6.36. The van der Waals surface area contributed by atoms with Crippen molar-refractivity contribution in [1.29, 1.82) is 0 Å². The lowest BCUT2D eigenvalue weighted by Crippen LogP contribution is -1.87. The van der Waals surface area contributed by atoms with Gasteiger partial charge in [0.1, 0.15) is 0 Å². The highest BCUT2D eigenvalue weighted by Gasteiger charge is 2.05. The molecule has 4 heteroatoms. The number of fused-ring (bicyclic) bond motifs is 2. The van der Waals surface area contributed by atoms with E-state index in [-0.39, 0.29) is 0 Å². The second-order valence-electron chi connectivity index (χ2n) is 3.78. The van der Waals surface area contributed by atoms with Crippen LogP contribution in [0.15, 0.2) is 53.4 Å². The zero-order chi connectivity index (χ0) is 11.8. The number of para-hydroxylation sites is 1. The highest BCUT2D eigenvalue weighted by Crippen LogP contribution is 2.23. The van der Waals surface area contributed by atoms with Gasteiger partial charge < -0.3 is 0 Å². The normalized spacial score (nSPS) is 11.4. The zero-order valence-electron chi connectivity index (χ0n) is 8.83. The van der Waals surface area contributed by atoms with Crippen LogP contribution in [0.25, 0.3) is 21.8 Å². The van der Waals surface area contributed by atoms with Crippen molar-refractivity contribution in [3.8, 4) is 0 Å². The van der Waals surface area contributed by atoms with Crippen molar-refractivity contribution in [3.63, 3.8) is 0 Å². The summed E-state index contributed by atoms with van der Waals surface area (Å²) in [6.45, 7) is 0. The molecule has 0 spiro atoms. The highest BCUT2D eigenvalue weighted by atomic mass is 32.2. The Balaban J connectivity index is 2.52. The SMILES string of the molecule is O=[SH](=O)c1cccc2nc3ccccc3cc12. The van der Waals surface area contributed by atoms with Crippen molar-refractivity contribution >= 4 is 32.5 Å². The summed E-state index contributed by atoms with van der Waals surface area (Å²) in [5, 5.41) is 1.63. The monoisotopic (exact) mass is 243 g/mol. The number of rotatable bonds is 1. The summed E-state index contributed by atoms with van der Waals surface area (Å²) in [5.74, 6) is 0. The molecule has 0 N–H and O–H groups in total. The number of thiol groups is 1. The number of benzene rings is 2. The van der Waals surface area contributed by atoms with E-state index in [1.807, 2.05) is 36.4 Å². The van der Waals surface area contributed by atoms with Gasteiger partial charge in [0.05, 0.1) is 15.9 Å². The molecular formula is C13H9NO2S. The van der Waals surface area contributed by atoms with E-state index in [0.717, 1.165) is 10.9 Å². The largest absolute Gasteiger partial charge is 0.248 e. The van der Waals surface area contributed by atoms with Crippen LogP contribution in [-0.4, -0.2) is 13.4 Å². The molecule has 0 radical (unpaired) electrons. The summed E-state index contributed by atoms with van der Waals surface area (Å²) < 4.78 is 22.3. The van der Waals surface area contributed by atoms with Crippen molar-refractivity contribution in [2.45, 2.75) is 4.90 Å². The van der Waals surface area contributed by atoms with Crippen LogP contribution in [0.1, 0.15) is 0 Å². The third-order valence-corrected chi connectivity index (χ3v) is 3.52. The standard InChI is InChI=1S/C13H9NO2S/c15-17(16)13-7-3-6-12-10(13)8-9-4-1-2-5-11(9)14-12/h1-8,17H. The predicted octanol–water partition coefficient (Wildman–Crippen LogP) is 2.36. The third kappa shape index (κ3) is 1.66. The second-order valence-corrected chi connectivity index (χ2v) is 4.78. The maximum atomic E-state index is 11.2. The first kappa shape index (κ1) is 10.2. The maximum Gasteiger partial charge on any atom is 0.168 e. The first-order valence-electron chi connectivity index (χ1n) is 5.18. The van der Waals surface area contributed by atoms with Gasteiger partial charge in [-0.05, 0) is 24.3 Å². The third-order valence-electron chi connectivity index (χ3n) is 2.73. The molecule has 2 aromatic carbocycles. The number of pyridine rings is 1. The lowest BCUT2D eigenvalue weighted by atomic mass is 10.1. The van der Waals surface area contributed by atoms with Crippen molar-refractivity contribution < 1.29 is 8.42 Å². The Bertz CT molecular complexity index is 786. The van der Waals surface area contributed by atoms with Gasteiger partial charge in [-0.2, -0.15) is 0 Å². The molecule has 0 atom stereocenters. The minimum Gasteiger partial charge on any atom is -0.248 e. The van der Waals surface area contributed by atoms with Crippen LogP contribution < -0.4 is 0 Å². The van der Waals surface area contributed by atoms with Gasteiger partial charge in [0.15, 0.2) is 10.7 Å². The Labute approximate surface area is 99.7 Å². The Kier molecular flexibility index (Phi) is 2.30. The van der Waals surface area contributed by atoms with E-state index in [1.165, 1.54) is 0 Å². The summed E-state index contributed by atoms with van der Waals surface area (Å²) in [6, 6.07) is 14.7. The van der Waals surface area contributed by atoms with Crippen LogP contribution in [0.5, 0.6) is 0 Å². The van der Waals surface area contributed by atoms with Crippen LogP contribution in [0.2, 0.25) is 0 Å². The molecule has 3 rings (SSSR count). The molecule has 0 unspecified atom stereocenters. The van der Waals surface area contributed by atoms with Crippen molar-refractivity contribution in [2.75, 3.05) is 0 Å². The Hall–Kier alpha value is -1.94. The Morgan fingerprint density at radius 3 is 2.47 bits per heavy atom. The molecule has 1 heterocycles. The summed E-state index contributed by atoms with van der Waals surface area (Å²) in [6.07, 6.45) is 0. The van der Waals surface area contributed by atoms with Gasteiger partial charge in [-0.25, -0.2) is 13.4 Å². The van der Waals surface area contributed by atoms with E-state index in [2.05, 4.69) is 4.98 Å². The summed E-state index contributed by atoms with van der Waals surface area (Å²) >= 11 is 0. The lowest BCUT2D eigenvalue weighted by Gasteiger charge is -2.03. The van der Waals surface area contributed by atoms with Crippen LogP contribution in [-0.2, 0) is 10.7 Å². The number of hydrogen-bond acceptors (Lipinski definition) is 3.